The van der Waals surface area contributed by atoms with Crippen LogP contribution in [0.1, 0.15) is 0 Å². The van der Waals surface area contributed by atoms with Crippen molar-refractivity contribution in [3.05, 3.63) is 212 Å². The Balaban J connectivity index is 1.10. The standard InChI is InChI=1S/C54H35NS/c1-3-18-43-37(13-1)15-12-24-44(43)39-16-11-17-42(33-39)55(41-30-27-36(28-31-41)38-29-32-50-49-23-8-10-26-53(49)56-54(50)35-38)52-25-9-7-22-48(52)51-34-40-14-2-4-19-45(40)46-20-5-6-21-47(46)51/h1-35H. The topological polar surface area (TPSA) is 3.24 Å². The molecule has 2 heteroatoms. The van der Waals surface area contributed by atoms with Gasteiger partial charge in [0.25, 0.3) is 0 Å². The molecule has 0 fully saturated rings. The summed E-state index contributed by atoms with van der Waals surface area (Å²) in [5.74, 6) is 0. The van der Waals surface area contributed by atoms with Crippen molar-refractivity contribution in [2.75, 3.05) is 4.90 Å². The first-order valence-corrected chi connectivity index (χ1v) is 20.0. The number of anilines is 3. The molecule has 11 rings (SSSR count). The maximum Gasteiger partial charge on any atom is 0.0540 e. The summed E-state index contributed by atoms with van der Waals surface area (Å²) in [4.78, 5) is 2.44. The quantitative estimate of drug-likeness (QED) is 0.154. The summed E-state index contributed by atoms with van der Waals surface area (Å²) < 4.78 is 2.64. The highest BCUT2D eigenvalue weighted by Crippen LogP contribution is 2.46. The third-order valence-corrected chi connectivity index (χ3v) is 12.4. The summed E-state index contributed by atoms with van der Waals surface area (Å²) in [6.07, 6.45) is 0. The largest absolute Gasteiger partial charge is 0.310 e. The fraction of sp³-hybridized carbons (Fsp3) is 0. The lowest BCUT2D eigenvalue weighted by atomic mass is 9.92. The Hall–Kier alpha value is -7.00. The van der Waals surface area contributed by atoms with Gasteiger partial charge in [0.15, 0.2) is 0 Å². The summed E-state index contributed by atoms with van der Waals surface area (Å²) in [6, 6.07) is 77.8. The van der Waals surface area contributed by atoms with E-state index in [1.54, 1.807) is 0 Å². The second-order valence-electron chi connectivity index (χ2n) is 14.5. The van der Waals surface area contributed by atoms with Crippen molar-refractivity contribution in [1.82, 2.24) is 0 Å². The number of nitrogens with zero attached hydrogens (tertiary/aromatic N) is 1. The average Bonchev–Trinajstić information content (AvgIpc) is 3.65. The summed E-state index contributed by atoms with van der Waals surface area (Å²) in [7, 11) is 0. The second-order valence-corrected chi connectivity index (χ2v) is 15.6. The molecule has 1 heterocycles. The van der Waals surface area contributed by atoms with Gasteiger partial charge in [-0.25, -0.2) is 0 Å². The average molecular weight is 730 g/mol. The summed E-state index contributed by atoms with van der Waals surface area (Å²) >= 11 is 1.87. The van der Waals surface area contributed by atoms with Crippen molar-refractivity contribution in [3.8, 4) is 33.4 Å². The Morgan fingerprint density at radius 1 is 0.286 bits per heavy atom. The van der Waals surface area contributed by atoms with E-state index in [1.807, 2.05) is 11.3 Å². The molecule has 0 aliphatic carbocycles. The molecule has 0 atom stereocenters. The molecule has 0 radical (unpaired) electrons. The number of para-hydroxylation sites is 1. The lowest BCUT2D eigenvalue weighted by Crippen LogP contribution is -2.11. The fourth-order valence-corrected chi connectivity index (χ4v) is 9.74. The minimum Gasteiger partial charge on any atom is -0.310 e. The molecule has 0 saturated carbocycles. The van der Waals surface area contributed by atoms with Crippen molar-refractivity contribution < 1.29 is 0 Å². The summed E-state index contributed by atoms with van der Waals surface area (Å²) in [5.41, 5.74) is 10.6. The summed E-state index contributed by atoms with van der Waals surface area (Å²) in [5, 5.41) is 10.2. The van der Waals surface area contributed by atoms with E-state index >= 15 is 0 Å². The number of thiophene rings is 1. The third-order valence-electron chi connectivity index (χ3n) is 11.2. The molecule has 1 nitrogen and oxygen atoms in total. The van der Waals surface area contributed by atoms with Crippen LogP contribution in [0.4, 0.5) is 17.1 Å². The van der Waals surface area contributed by atoms with Crippen molar-refractivity contribution in [2.45, 2.75) is 0 Å². The van der Waals surface area contributed by atoms with E-state index in [4.69, 9.17) is 0 Å². The lowest BCUT2D eigenvalue weighted by Gasteiger charge is -2.29. The minimum atomic E-state index is 1.10. The molecule has 262 valence electrons. The van der Waals surface area contributed by atoms with E-state index in [9.17, 15) is 0 Å². The van der Waals surface area contributed by atoms with Crippen LogP contribution >= 0.6 is 11.3 Å². The SMILES string of the molecule is c1cc(-c2cccc3ccccc23)cc(N(c2ccc(-c3ccc4c(c3)sc3ccccc34)cc2)c2ccccc2-c2cc3ccccc3c3ccccc23)c1. The van der Waals surface area contributed by atoms with Crippen LogP contribution in [-0.4, -0.2) is 0 Å². The molecule has 0 N–H and O–H groups in total. The molecule has 11 aromatic rings. The number of hydrogen-bond donors (Lipinski definition) is 0. The van der Waals surface area contributed by atoms with Crippen molar-refractivity contribution in [3.63, 3.8) is 0 Å². The van der Waals surface area contributed by atoms with E-state index in [0.29, 0.717) is 0 Å². The lowest BCUT2D eigenvalue weighted by molar-refractivity contribution is 1.28. The zero-order chi connectivity index (χ0) is 37.0. The Morgan fingerprint density at radius 2 is 0.911 bits per heavy atom. The Kier molecular flexibility index (Phi) is 7.75. The van der Waals surface area contributed by atoms with Gasteiger partial charge in [0, 0.05) is 37.1 Å². The number of fused-ring (bicyclic) bond motifs is 7. The smallest absolute Gasteiger partial charge is 0.0540 e. The first-order valence-electron chi connectivity index (χ1n) is 19.2. The highest BCUT2D eigenvalue weighted by Gasteiger charge is 2.20. The normalized spacial score (nSPS) is 11.6. The van der Waals surface area contributed by atoms with Crippen LogP contribution in [0.15, 0.2) is 212 Å². The van der Waals surface area contributed by atoms with Gasteiger partial charge < -0.3 is 4.90 Å². The Morgan fingerprint density at radius 3 is 1.79 bits per heavy atom. The Labute approximate surface area is 330 Å². The van der Waals surface area contributed by atoms with E-state index < -0.39 is 0 Å². The number of hydrogen-bond acceptors (Lipinski definition) is 2. The van der Waals surface area contributed by atoms with Crippen molar-refractivity contribution >= 4 is 80.9 Å². The molecule has 10 aromatic carbocycles. The fourth-order valence-electron chi connectivity index (χ4n) is 8.60. The van der Waals surface area contributed by atoms with E-state index in [-0.39, 0.29) is 0 Å². The molecule has 0 unspecified atom stereocenters. The van der Waals surface area contributed by atoms with Gasteiger partial charge in [-0.15, -0.1) is 11.3 Å². The minimum absolute atomic E-state index is 1.10. The number of benzene rings is 10. The van der Waals surface area contributed by atoms with E-state index in [1.165, 1.54) is 85.9 Å². The molecule has 0 bridgehead atoms. The van der Waals surface area contributed by atoms with Crippen LogP contribution in [0.2, 0.25) is 0 Å². The maximum absolute atomic E-state index is 2.44. The van der Waals surface area contributed by atoms with Crippen LogP contribution in [0, 0.1) is 0 Å². The summed E-state index contributed by atoms with van der Waals surface area (Å²) in [6.45, 7) is 0. The first kappa shape index (κ1) is 32.4. The van der Waals surface area contributed by atoms with Crippen molar-refractivity contribution in [1.29, 1.82) is 0 Å². The monoisotopic (exact) mass is 729 g/mol. The van der Waals surface area contributed by atoms with Crippen LogP contribution < -0.4 is 4.90 Å². The zero-order valence-electron chi connectivity index (χ0n) is 30.6. The molecule has 1 aromatic heterocycles. The van der Waals surface area contributed by atoms with Crippen LogP contribution in [0.5, 0.6) is 0 Å². The van der Waals surface area contributed by atoms with E-state index in [0.717, 1.165) is 17.1 Å². The highest BCUT2D eigenvalue weighted by atomic mass is 32.1. The number of rotatable bonds is 6. The maximum atomic E-state index is 2.44. The molecule has 0 aliphatic rings. The first-order chi connectivity index (χ1) is 27.8. The zero-order valence-corrected chi connectivity index (χ0v) is 31.4. The second kappa shape index (κ2) is 13.4. The Bertz CT molecular complexity index is 3260. The molecule has 0 saturated heterocycles. The van der Waals surface area contributed by atoms with Crippen molar-refractivity contribution in [2.24, 2.45) is 0 Å². The van der Waals surface area contributed by atoms with Crippen LogP contribution in [-0.2, 0) is 0 Å². The molecule has 0 spiro atoms. The van der Waals surface area contributed by atoms with Gasteiger partial charge in [0.2, 0.25) is 0 Å². The predicted molar refractivity (Wildman–Crippen MR) is 243 cm³/mol. The van der Waals surface area contributed by atoms with Gasteiger partial charge in [0.05, 0.1) is 5.69 Å². The van der Waals surface area contributed by atoms with Gasteiger partial charge in [-0.3, -0.25) is 0 Å². The van der Waals surface area contributed by atoms with Gasteiger partial charge in [0.1, 0.15) is 0 Å². The van der Waals surface area contributed by atoms with Crippen LogP contribution in [0.25, 0.3) is 85.9 Å². The predicted octanol–water partition coefficient (Wildman–Crippen LogP) is 16.0. The van der Waals surface area contributed by atoms with E-state index in [2.05, 4.69) is 217 Å². The van der Waals surface area contributed by atoms with Gasteiger partial charge in [-0.1, -0.05) is 164 Å². The molecule has 0 aliphatic heterocycles. The van der Waals surface area contributed by atoms with Gasteiger partial charge in [-0.05, 0) is 109 Å². The third kappa shape index (κ3) is 5.46. The highest BCUT2D eigenvalue weighted by molar-refractivity contribution is 7.25. The van der Waals surface area contributed by atoms with Crippen LogP contribution in [0.3, 0.4) is 0 Å². The molecule has 0 amide bonds. The van der Waals surface area contributed by atoms with Gasteiger partial charge >= 0.3 is 0 Å². The molecule has 56 heavy (non-hydrogen) atoms. The van der Waals surface area contributed by atoms with Gasteiger partial charge in [-0.2, -0.15) is 0 Å². The molecular weight excluding hydrogens is 695 g/mol. The molecular formula is C54H35NS.